The third-order valence-electron chi connectivity index (χ3n) is 5.96. The van der Waals surface area contributed by atoms with Crippen LogP contribution in [0.2, 0.25) is 0 Å². The summed E-state index contributed by atoms with van der Waals surface area (Å²) in [6.07, 6.45) is 0. The predicted molar refractivity (Wildman–Crippen MR) is 107 cm³/mol. The van der Waals surface area contributed by atoms with Crippen molar-refractivity contribution >= 4 is 15.9 Å². The van der Waals surface area contributed by atoms with Crippen LogP contribution in [0.25, 0.3) is 11.1 Å². The number of amides is 1. The molecule has 2 heterocycles. The van der Waals surface area contributed by atoms with Crippen LogP contribution in [0.15, 0.2) is 48.5 Å². The first-order chi connectivity index (χ1) is 13.9. The average Bonchev–Trinajstić information content (AvgIpc) is 2.70. The average molecular weight is 418 g/mol. The number of benzene rings is 2. The molecule has 8 heteroatoms. The van der Waals surface area contributed by atoms with Crippen molar-refractivity contribution in [1.29, 1.82) is 0 Å². The van der Waals surface area contributed by atoms with Gasteiger partial charge in [0.25, 0.3) is 0 Å². The molecule has 0 radical (unpaired) electrons. The van der Waals surface area contributed by atoms with Crippen molar-refractivity contribution in [1.82, 2.24) is 9.21 Å². The van der Waals surface area contributed by atoms with Gasteiger partial charge in [0.05, 0.1) is 31.0 Å². The summed E-state index contributed by atoms with van der Waals surface area (Å²) < 4.78 is 39.8. The molecular formula is C21H23FN2O4S. The zero-order valence-corrected chi connectivity index (χ0v) is 16.8. The summed E-state index contributed by atoms with van der Waals surface area (Å²) in [7, 11) is -3.47. The third kappa shape index (κ3) is 3.35. The summed E-state index contributed by atoms with van der Waals surface area (Å²) in [6.45, 7) is 1.41. The molecule has 2 aromatic carbocycles. The molecule has 0 saturated carbocycles. The minimum Gasteiger partial charge on any atom is -0.394 e. The van der Waals surface area contributed by atoms with Crippen LogP contribution in [-0.4, -0.2) is 66.2 Å². The number of aliphatic hydroxyl groups is 1. The third-order valence-corrected chi connectivity index (χ3v) is 7.75. The number of nitrogens with zero attached hydrogens (tertiary/aromatic N) is 2. The topological polar surface area (TPSA) is 77.9 Å². The minimum absolute atomic E-state index is 0.0571. The highest BCUT2D eigenvalue weighted by Gasteiger charge is 2.55. The van der Waals surface area contributed by atoms with Gasteiger partial charge in [0.1, 0.15) is 5.82 Å². The Hall–Kier alpha value is -2.29. The Bertz CT molecular complexity index is 1030. The van der Waals surface area contributed by atoms with Crippen molar-refractivity contribution in [3.8, 4) is 11.1 Å². The lowest BCUT2D eigenvalue weighted by atomic mass is 9.74. The summed E-state index contributed by atoms with van der Waals surface area (Å²) in [5, 5.41) is 9.84. The number of piperazine rings is 1. The van der Waals surface area contributed by atoms with Crippen molar-refractivity contribution < 1.29 is 22.7 Å². The van der Waals surface area contributed by atoms with Crippen LogP contribution < -0.4 is 0 Å². The number of fused-ring (bicyclic) bond motifs is 1. The van der Waals surface area contributed by atoms with Gasteiger partial charge in [0.15, 0.2) is 0 Å². The van der Waals surface area contributed by atoms with Crippen LogP contribution >= 0.6 is 0 Å². The number of rotatable bonds is 5. The lowest BCUT2D eigenvalue weighted by molar-refractivity contribution is -0.158. The Balaban J connectivity index is 1.62. The van der Waals surface area contributed by atoms with Gasteiger partial charge in [-0.05, 0) is 24.1 Å². The second-order valence-electron chi connectivity index (χ2n) is 7.44. The van der Waals surface area contributed by atoms with Gasteiger partial charge in [-0.15, -0.1) is 0 Å². The molecule has 2 aliphatic heterocycles. The van der Waals surface area contributed by atoms with Crippen LogP contribution in [0.5, 0.6) is 0 Å². The largest absolute Gasteiger partial charge is 0.394 e. The van der Waals surface area contributed by atoms with Gasteiger partial charge in [-0.2, -0.15) is 4.31 Å². The van der Waals surface area contributed by atoms with Crippen molar-refractivity contribution in [2.24, 2.45) is 0 Å². The number of hydrogen-bond donors (Lipinski definition) is 1. The fraction of sp³-hybridized carbons (Fsp3) is 0.381. The molecule has 1 amide bonds. The zero-order valence-electron chi connectivity index (χ0n) is 16.0. The van der Waals surface area contributed by atoms with Crippen LogP contribution in [0.4, 0.5) is 4.39 Å². The van der Waals surface area contributed by atoms with Crippen LogP contribution in [0, 0.1) is 5.82 Å². The van der Waals surface area contributed by atoms with Crippen molar-refractivity contribution in [3.63, 3.8) is 0 Å². The maximum Gasteiger partial charge on any atom is 0.238 e. The van der Waals surface area contributed by atoms with E-state index in [1.807, 2.05) is 24.3 Å². The SMILES string of the molecule is CCS(=O)(=O)N1CC(=O)N2[C@H](C1)[C@H](c1ccc(-c3ccccc3F)cc1)[C@@H]2CO. The molecule has 0 spiro atoms. The molecule has 0 aliphatic carbocycles. The van der Waals surface area contributed by atoms with Crippen LogP contribution in [0.1, 0.15) is 18.4 Å². The number of aliphatic hydroxyl groups excluding tert-OH is 1. The fourth-order valence-electron chi connectivity index (χ4n) is 4.44. The molecule has 6 nitrogen and oxygen atoms in total. The second-order valence-corrected chi connectivity index (χ2v) is 9.70. The quantitative estimate of drug-likeness (QED) is 0.804. The Labute approximate surface area is 169 Å². The fourth-order valence-corrected chi connectivity index (χ4v) is 5.50. The minimum atomic E-state index is -3.47. The molecule has 154 valence electrons. The van der Waals surface area contributed by atoms with Gasteiger partial charge in [0, 0.05) is 18.0 Å². The standard InChI is InChI=1S/C21H23FN2O4S/c1-2-29(27,28)23-11-18-21(19(13-25)24(18)20(26)12-23)15-9-7-14(8-10-15)16-5-3-4-6-17(16)22/h3-10,18-19,21,25H,2,11-13H2,1H3/t18-,19+,21+/m1/s1. The molecule has 29 heavy (non-hydrogen) atoms. The van der Waals surface area contributed by atoms with E-state index in [4.69, 9.17) is 0 Å². The molecule has 3 atom stereocenters. The van der Waals surface area contributed by atoms with Gasteiger partial charge < -0.3 is 10.0 Å². The number of carbonyl (C=O) groups is 1. The Morgan fingerprint density at radius 3 is 2.45 bits per heavy atom. The number of halogens is 1. The van der Waals surface area contributed by atoms with E-state index in [-0.39, 0.29) is 55.2 Å². The highest BCUT2D eigenvalue weighted by Crippen LogP contribution is 2.43. The maximum absolute atomic E-state index is 14.0. The van der Waals surface area contributed by atoms with E-state index >= 15 is 0 Å². The molecule has 2 aliphatic rings. The summed E-state index contributed by atoms with van der Waals surface area (Å²) in [4.78, 5) is 14.1. The van der Waals surface area contributed by atoms with E-state index in [0.717, 1.165) is 11.1 Å². The first kappa shape index (κ1) is 20.0. The molecule has 2 saturated heterocycles. The van der Waals surface area contributed by atoms with Crippen molar-refractivity contribution in [2.45, 2.75) is 24.9 Å². The second kappa shape index (κ2) is 7.51. The van der Waals surface area contributed by atoms with E-state index in [9.17, 15) is 22.7 Å². The Morgan fingerprint density at radius 1 is 1.14 bits per heavy atom. The van der Waals surface area contributed by atoms with E-state index in [0.29, 0.717) is 5.56 Å². The highest BCUT2D eigenvalue weighted by molar-refractivity contribution is 7.89. The summed E-state index contributed by atoms with van der Waals surface area (Å²) in [6, 6.07) is 13.2. The van der Waals surface area contributed by atoms with Gasteiger partial charge in [-0.3, -0.25) is 4.79 Å². The van der Waals surface area contributed by atoms with Crippen LogP contribution in [0.3, 0.4) is 0 Å². The molecule has 2 fully saturated rings. The van der Waals surface area contributed by atoms with Crippen molar-refractivity contribution in [2.75, 3.05) is 25.4 Å². The summed E-state index contributed by atoms with van der Waals surface area (Å²) in [5.41, 5.74) is 2.13. The first-order valence-corrected chi connectivity index (χ1v) is 11.2. The van der Waals surface area contributed by atoms with Gasteiger partial charge in [0.2, 0.25) is 15.9 Å². The predicted octanol–water partition coefficient (Wildman–Crippen LogP) is 1.81. The van der Waals surface area contributed by atoms with Crippen molar-refractivity contribution in [3.05, 3.63) is 59.9 Å². The molecule has 1 N–H and O–H groups in total. The maximum atomic E-state index is 14.0. The molecule has 0 bridgehead atoms. The zero-order chi connectivity index (χ0) is 20.8. The Kier molecular flexibility index (Phi) is 5.18. The number of carbonyl (C=O) groups excluding carboxylic acids is 1. The van der Waals surface area contributed by atoms with Gasteiger partial charge in [-0.25, -0.2) is 12.8 Å². The van der Waals surface area contributed by atoms with E-state index in [1.54, 1.807) is 30.0 Å². The first-order valence-electron chi connectivity index (χ1n) is 9.62. The summed E-state index contributed by atoms with van der Waals surface area (Å²) in [5.74, 6) is -0.815. The normalized spacial score (nSPS) is 24.9. The molecular weight excluding hydrogens is 395 g/mol. The molecule has 0 unspecified atom stereocenters. The smallest absolute Gasteiger partial charge is 0.238 e. The monoisotopic (exact) mass is 418 g/mol. The summed E-state index contributed by atoms with van der Waals surface area (Å²) >= 11 is 0. The van der Waals surface area contributed by atoms with E-state index in [2.05, 4.69) is 0 Å². The molecule has 2 aromatic rings. The van der Waals surface area contributed by atoms with Gasteiger partial charge in [-0.1, -0.05) is 42.5 Å². The Morgan fingerprint density at radius 2 is 1.83 bits per heavy atom. The van der Waals surface area contributed by atoms with Gasteiger partial charge >= 0.3 is 0 Å². The number of hydrogen-bond acceptors (Lipinski definition) is 4. The lowest BCUT2D eigenvalue weighted by Gasteiger charge is -2.58. The molecule has 4 rings (SSSR count). The molecule has 0 aromatic heterocycles. The number of sulfonamides is 1. The lowest BCUT2D eigenvalue weighted by Crippen LogP contribution is -2.73. The van der Waals surface area contributed by atoms with E-state index in [1.165, 1.54) is 10.4 Å². The van der Waals surface area contributed by atoms with E-state index < -0.39 is 10.0 Å². The highest BCUT2D eigenvalue weighted by atomic mass is 32.2. The van der Waals surface area contributed by atoms with Crippen LogP contribution in [-0.2, 0) is 14.8 Å².